The topological polar surface area (TPSA) is 59.1 Å². The van der Waals surface area contributed by atoms with Gasteiger partial charge in [-0.15, -0.1) is 0 Å². The molecule has 0 aliphatic rings. The monoisotopic (exact) mass is 264 g/mol. The van der Waals surface area contributed by atoms with Crippen LogP contribution in [0.5, 0.6) is 0 Å². The van der Waals surface area contributed by atoms with Crippen molar-refractivity contribution in [1.29, 1.82) is 0 Å². The Kier molecular flexibility index (Phi) is 4.09. The maximum Gasteiger partial charge on any atom is 0.216 e. The largest absolute Gasteiger partial charge is 0.460 e. The average molecular weight is 264 g/mol. The van der Waals surface area contributed by atoms with Crippen molar-refractivity contribution in [2.75, 3.05) is 0 Å². The molecule has 2 aromatic rings. The van der Waals surface area contributed by atoms with Crippen molar-refractivity contribution >= 4 is 18.4 Å². The fourth-order valence-electron chi connectivity index (χ4n) is 1.58. The number of aryl methyl sites for hydroxylation is 2. The van der Waals surface area contributed by atoms with Crippen LogP contribution < -0.4 is 0 Å². The van der Waals surface area contributed by atoms with E-state index in [1.54, 1.807) is 10.9 Å². The third-order valence-corrected chi connectivity index (χ3v) is 2.80. The number of H-pyrrole nitrogens is 1. The summed E-state index contributed by atoms with van der Waals surface area (Å²) < 4.78 is 7.56. The Morgan fingerprint density at radius 3 is 3.06 bits per heavy atom. The summed E-state index contributed by atoms with van der Waals surface area (Å²) in [6, 6.07) is 3.77. The van der Waals surface area contributed by atoms with Crippen LogP contribution in [0, 0.1) is 11.7 Å². The summed E-state index contributed by atoms with van der Waals surface area (Å²) in [5.74, 6) is 2.41. The molecule has 2 heterocycles. The van der Waals surface area contributed by atoms with E-state index in [0.717, 1.165) is 30.8 Å². The van der Waals surface area contributed by atoms with E-state index < -0.39 is 0 Å². The van der Waals surface area contributed by atoms with E-state index in [9.17, 15) is 0 Å². The standard InChI is InChI=1S/C12H16N4OS/c1-3-4-5-11-14-15-12(18)16(11)13-8-10-7-6-9(2)17-10/h6-8H,3-5H2,1-2H3,(H,15,18)/b13-8-. The number of rotatable bonds is 5. The van der Waals surface area contributed by atoms with Gasteiger partial charge >= 0.3 is 0 Å². The number of nitrogens with one attached hydrogen (secondary N) is 1. The average Bonchev–Trinajstić information content (AvgIpc) is 2.91. The molecule has 0 saturated carbocycles. The van der Waals surface area contributed by atoms with E-state index in [-0.39, 0.29) is 0 Å². The summed E-state index contributed by atoms with van der Waals surface area (Å²) in [5, 5.41) is 11.2. The quantitative estimate of drug-likeness (QED) is 0.667. The SMILES string of the molecule is CCCCc1n[nH]c(=S)n1/N=C\c1ccc(C)o1. The normalized spacial score (nSPS) is 11.4. The number of aromatic nitrogens is 3. The van der Waals surface area contributed by atoms with Gasteiger partial charge in [0.15, 0.2) is 5.82 Å². The zero-order valence-electron chi connectivity index (χ0n) is 10.5. The Morgan fingerprint density at radius 2 is 2.39 bits per heavy atom. The number of nitrogens with zero attached hydrogens (tertiary/aromatic N) is 3. The molecular formula is C12H16N4OS. The Bertz CT molecular complexity index is 593. The number of hydrogen-bond acceptors (Lipinski definition) is 4. The first-order valence-corrected chi connectivity index (χ1v) is 6.38. The molecule has 0 unspecified atom stereocenters. The lowest BCUT2D eigenvalue weighted by Crippen LogP contribution is -1.99. The van der Waals surface area contributed by atoms with Crippen LogP contribution in [0.25, 0.3) is 0 Å². The molecule has 0 atom stereocenters. The molecule has 96 valence electrons. The molecule has 5 nitrogen and oxygen atoms in total. The second kappa shape index (κ2) is 5.77. The minimum atomic E-state index is 0.501. The van der Waals surface area contributed by atoms with Gasteiger partial charge in [-0.25, -0.2) is 0 Å². The van der Waals surface area contributed by atoms with E-state index in [1.165, 1.54) is 0 Å². The van der Waals surface area contributed by atoms with Crippen molar-refractivity contribution in [3.63, 3.8) is 0 Å². The van der Waals surface area contributed by atoms with Crippen LogP contribution in [-0.4, -0.2) is 21.1 Å². The van der Waals surface area contributed by atoms with Gasteiger partial charge in [-0.05, 0) is 37.7 Å². The third kappa shape index (κ3) is 2.95. The predicted octanol–water partition coefficient (Wildman–Crippen LogP) is 3.07. The highest BCUT2D eigenvalue weighted by Gasteiger charge is 2.04. The summed E-state index contributed by atoms with van der Waals surface area (Å²) >= 11 is 5.14. The summed E-state index contributed by atoms with van der Waals surface area (Å²) in [6.45, 7) is 4.04. The van der Waals surface area contributed by atoms with E-state index in [1.807, 2.05) is 19.1 Å². The van der Waals surface area contributed by atoms with Gasteiger partial charge in [0, 0.05) is 6.42 Å². The third-order valence-electron chi connectivity index (χ3n) is 2.53. The van der Waals surface area contributed by atoms with Gasteiger partial charge in [-0.1, -0.05) is 13.3 Å². The molecule has 0 fully saturated rings. The van der Waals surface area contributed by atoms with Crippen LogP contribution in [0.2, 0.25) is 0 Å². The highest BCUT2D eigenvalue weighted by atomic mass is 32.1. The summed E-state index contributed by atoms with van der Waals surface area (Å²) in [7, 11) is 0. The van der Waals surface area contributed by atoms with E-state index >= 15 is 0 Å². The smallest absolute Gasteiger partial charge is 0.216 e. The Balaban J connectivity index is 2.20. The van der Waals surface area contributed by atoms with E-state index in [4.69, 9.17) is 16.6 Å². The number of unbranched alkanes of at least 4 members (excludes halogenated alkanes) is 1. The van der Waals surface area contributed by atoms with Gasteiger partial charge in [-0.2, -0.15) is 14.9 Å². The maximum absolute atomic E-state index is 5.42. The van der Waals surface area contributed by atoms with Crippen LogP contribution in [-0.2, 0) is 6.42 Å². The molecule has 1 N–H and O–H groups in total. The molecule has 0 aliphatic heterocycles. The molecule has 0 aromatic carbocycles. The van der Waals surface area contributed by atoms with Gasteiger partial charge in [0.1, 0.15) is 11.5 Å². The van der Waals surface area contributed by atoms with Gasteiger partial charge in [-0.3, -0.25) is 5.10 Å². The summed E-state index contributed by atoms with van der Waals surface area (Å²) in [4.78, 5) is 0. The molecule has 0 amide bonds. The van der Waals surface area contributed by atoms with Crippen LogP contribution in [0.15, 0.2) is 21.7 Å². The van der Waals surface area contributed by atoms with Crippen LogP contribution in [0.4, 0.5) is 0 Å². The number of aromatic amines is 1. The highest BCUT2D eigenvalue weighted by Crippen LogP contribution is 2.06. The number of furan rings is 1. The molecular weight excluding hydrogens is 248 g/mol. The molecule has 2 aromatic heterocycles. The zero-order valence-corrected chi connectivity index (χ0v) is 11.3. The van der Waals surface area contributed by atoms with Crippen molar-refractivity contribution < 1.29 is 4.42 Å². The Hall–Kier alpha value is -1.69. The fourth-order valence-corrected chi connectivity index (χ4v) is 1.78. The lowest BCUT2D eigenvalue weighted by atomic mass is 10.2. The Labute approximate surface area is 111 Å². The Morgan fingerprint density at radius 1 is 1.56 bits per heavy atom. The van der Waals surface area contributed by atoms with Gasteiger partial charge in [0.05, 0.1) is 6.21 Å². The lowest BCUT2D eigenvalue weighted by molar-refractivity contribution is 0.527. The van der Waals surface area contributed by atoms with Crippen molar-refractivity contribution in [2.24, 2.45) is 5.10 Å². The molecule has 0 radical (unpaired) electrons. The first kappa shape index (κ1) is 12.8. The predicted molar refractivity (Wildman–Crippen MR) is 72.5 cm³/mol. The summed E-state index contributed by atoms with van der Waals surface area (Å²) in [6.07, 6.45) is 4.68. The molecule has 6 heteroatoms. The van der Waals surface area contributed by atoms with E-state index in [0.29, 0.717) is 10.5 Å². The molecule has 0 spiro atoms. The van der Waals surface area contributed by atoms with Gasteiger partial charge in [0.2, 0.25) is 4.77 Å². The summed E-state index contributed by atoms with van der Waals surface area (Å²) in [5.41, 5.74) is 0. The number of hydrogen-bond donors (Lipinski definition) is 1. The van der Waals surface area contributed by atoms with Crippen molar-refractivity contribution in [1.82, 2.24) is 14.9 Å². The zero-order chi connectivity index (χ0) is 13.0. The van der Waals surface area contributed by atoms with Crippen LogP contribution in [0.3, 0.4) is 0 Å². The van der Waals surface area contributed by atoms with Gasteiger partial charge < -0.3 is 4.42 Å². The molecule has 0 saturated heterocycles. The van der Waals surface area contributed by atoms with Crippen molar-refractivity contribution in [3.8, 4) is 0 Å². The van der Waals surface area contributed by atoms with E-state index in [2.05, 4.69) is 22.2 Å². The van der Waals surface area contributed by atoms with Crippen molar-refractivity contribution in [3.05, 3.63) is 34.2 Å². The van der Waals surface area contributed by atoms with Gasteiger partial charge in [0.25, 0.3) is 0 Å². The molecule has 2 rings (SSSR count). The molecule has 0 aliphatic carbocycles. The first-order chi connectivity index (χ1) is 8.70. The second-order valence-corrected chi connectivity index (χ2v) is 4.44. The van der Waals surface area contributed by atoms with Crippen LogP contribution >= 0.6 is 12.2 Å². The first-order valence-electron chi connectivity index (χ1n) is 5.98. The maximum atomic E-state index is 5.42. The fraction of sp³-hybridized carbons (Fsp3) is 0.417. The molecule has 18 heavy (non-hydrogen) atoms. The second-order valence-electron chi connectivity index (χ2n) is 4.05. The molecule has 0 bridgehead atoms. The minimum absolute atomic E-state index is 0.501. The van der Waals surface area contributed by atoms with Crippen molar-refractivity contribution in [2.45, 2.75) is 33.1 Å². The highest BCUT2D eigenvalue weighted by molar-refractivity contribution is 7.71. The van der Waals surface area contributed by atoms with Crippen LogP contribution in [0.1, 0.15) is 37.1 Å². The minimum Gasteiger partial charge on any atom is -0.460 e. The lowest BCUT2D eigenvalue weighted by Gasteiger charge is -1.98.